The van der Waals surface area contributed by atoms with Gasteiger partial charge in [-0.3, -0.25) is 9.69 Å². The number of hydrogen-bond donors (Lipinski definition) is 0. The molecule has 0 aliphatic carbocycles. The van der Waals surface area contributed by atoms with Crippen LogP contribution in [0.25, 0.3) is 6.08 Å². The molecule has 0 unspecified atom stereocenters. The van der Waals surface area contributed by atoms with Crippen LogP contribution in [-0.4, -0.2) is 22.8 Å². The van der Waals surface area contributed by atoms with Crippen LogP contribution in [0, 0.1) is 6.92 Å². The first-order chi connectivity index (χ1) is 14.0. The van der Waals surface area contributed by atoms with Crippen LogP contribution in [0.1, 0.15) is 23.7 Å². The number of amides is 1. The van der Waals surface area contributed by atoms with Crippen molar-refractivity contribution in [3.05, 3.63) is 82.5 Å². The maximum atomic E-state index is 12.2. The van der Waals surface area contributed by atoms with Crippen molar-refractivity contribution in [2.75, 3.05) is 4.90 Å². The number of aromatic nitrogens is 1. The number of carbonyl (C=O) groups is 2. The van der Waals surface area contributed by atoms with Crippen LogP contribution in [-0.2, 0) is 14.3 Å². The van der Waals surface area contributed by atoms with Crippen molar-refractivity contribution in [2.24, 2.45) is 4.99 Å². The number of nitrogens with zero attached hydrogens (tertiary/aromatic N) is 3. The quantitative estimate of drug-likeness (QED) is 0.476. The van der Waals surface area contributed by atoms with Crippen molar-refractivity contribution in [3.8, 4) is 0 Å². The Hall–Kier alpha value is -3.58. The Morgan fingerprint density at radius 1 is 1.14 bits per heavy atom. The van der Waals surface area contributed by atoms with E-state index in [0.29, 0.717) is 10.8 Å². The van der Waals surface area contributed by atoms with Crippen LogP contribution in [0.15, 0.2) is 70.7 Å². The molecule has 1 aliphatic rings. The topological polar surface area (TPSA) is 71.9 Å². The van der Waals surface area contributed by atoms with Gasteiger partial charge >= 0.3 is 5.97 Å². The van der Waals surface area contributed by atoms with Gasteiger partial charge in [-0.05, 0) is 37.3 Å². The van der Waals surface area contributed by atoms with E-state index in [1.807, 2.05) is 61.5 Å². The molecule has 1 aliphatic heterocycles. The molecule has 0 N–H and O–H groups in total. The summed E-state index contributed by atoms with van der Waals surface area (Å²) in [7, 11) is 0. The fourth-order valence-corrected chi connectivity index (χ4v) is 3.74. The second-order valence-corrected chi connectivity index (χ2v) is 7.29. The van der Waals surface area contributed by atoms with Crippen LogP contribution in [0.2, 0.25) is 0 Å². The van der Waals surface area contributed by atoms with Gasteiger partial charge in [0.25, 0.3) is 0 Å². The van der Waals surface area contributed by atoms with E-state index in [2.05, 4.69) is 9.98 Å². The van der Waals surface area contributed by atoms with E-state index >= 15 is 0 Å². The normalized spacial score (nSPS) is 14.6. The molecule has 3 aromatic rings. The van der Waals surface area contributed by atoms with E-state index in [1.54, 1.807) is 11.5 Å². The highest BCUT2D eigenvalue weighted by molar-refractivity contribution is 7.14. The summed E-state index contributed by atoms with van der Waals surface area (Å²) in [5, 5.41) is 2.29. The van der Waals surface area contributed by atoms with E-state index < -0.39 is 5.97 Å². The van der Waals surface area contributed by atoms with E-state index in [1.165, 1.54) is 23.2 Å². The minimum absolute atomic E-state index is 0.148. The predicted molar refractivity (Wildman–Crippen MR) is 113 cm³/mol. The lowest BCUT2D eigenvalue weighted by Crippen LogP contribution is -2.22. The van der Waals surface area contributed by atoms with E-state index in [9.17, 15) is 9.59 Å². The number of esters is 1. The van der Waals surface area contributed by atoms with E-state index in [4.69, 9.17) is 4.74 Å². The monoisotopic (exact) mass is 403 g/mol. The van der Waals surface area contributed by atoms with Crippen molar-refractivity contribution in [3.63, 3.8) is 0 Å². The molecule has 0 saturated heterocycles. The van der Waals surface area contributed by atoms with Gasteiger partial charge in [0.1, 0.15) is 0 Å². The minimum Gasteiger partial charge on any atom is -0.402 e. The number of benzene rings is 2. The summed E-state index contributed by atoms with van der Waals surface area (Å²) in [5.74, 6) is -0.401. The van der Waals surface area contributed by atoms with Gasteiger partial charge in [0.15, 0.2) is 10.8 Å². The van der Waals surface area contributed by atoms with Gasteiger partial charge in [0, 0.05) is 17.9 Å². The smallest absolute Gasteiger partial charge is 0.363 e. The Balaban J connectivity index is 1.63. The number of para-hydroxylation sites is 1. The molecule has 1 aromatic heterocycles. The van der Waals surface area contributed by atoms with Crippen molar-refractivity contribution in [1.29, 1.82) is 0 Å². The molecule has 4 rings (SSSR count). The lowest BCUT2D eigenvalue weighted by molar-refractivity contribution is -0.130. The predicted octanol–water partition coefficient (Wildman–Crippen LogP) is 4.48. The number of hydrogen-bond acceptors (Lipinski definition) is 6. The molecule has 29 heavy (non-hydrogen) atoms. The Morgan fingerprint density at radius 2 is 1.93 bits per heavy atom. The molecule has 0 atom stereocenters. The molecule has 7 heteroatoms. The molecule has 1 amide bonds. The van der Waals surface area contributed by atoms with Gasteiger partial charge in [-0.1, -0.05) is 35.9 Å². The Bertz CT molecular complexity index is 1150. The van der Waals surface area contributed by atoms with Crippen molar-refractivity contribution in [1.82, 2.24) is 4.98 Å². The zero-order chi connectivity index (χ0) is 20.4. The summed E-state index contributed by atoms with van der Waals surface area (Å²) in [5.41, 5.74) is 3.23. The number of rotatable bonds is 4. The Kier molecular flexibility index (Phi) is 5.05. The lowest BCUT2D eigenvalue weighted by atomic mass is 10.1. The molecule has 0 radical (unpaired) electrons. The molecule has 2 aromatic carbocycles. The summed E-state index contributed by atoms with van der Waals surface area (Å²) in [6.07, 6.45) is 1.56. The first kappa shape index (κ1) is 18.8. The highest BCUT2D eigenvalue weighted by Gasteiger charge is 2.25. The summed E-state index contributed by atoms with van der Waals surface area (Å²) >= 11 is 1.31. The number of aryl methyl sites for hydroxylation is 1. The zero-order valence-electron chi connectivity index (χ0n) is 15.8. The number of anilines is 2. The number of aliphatic imine (C=N–C) groups is 1. The number of cyclic esters (lactones) is 1. The number of carbonyl (C=O) groups excluding carboxylic acids is 2. The van der Waals surface area contributed by atoms with Gasteiger partial charge in [-0.2, -0.15) is 0 Å². The van der Waals surface area contributed by atoms with E-state index in [-0.39, 0.29) is 17.5 Å². The summed E-state index contributed by atoms with van der Waals surface area (Å²) in [6.45, 7) is 3.45. The second-order valence-electron chi connectivity index (χ2n) is 6.45. The second kappa shape index (κ2) is 7.81. The minimum atomic E-state index is -0.525. The summed E-state index contributed by atoms with van der Waals surface area (Å²) in [6, 6.07) is 16.9. The number of ether oxygens (including phenoxy) is 1. The van der Waals surface area contributed by atoms with Crippen molar-refractivity contribution in [2.45, 2.75) is 13.8 Å². The lowest BCUT2D eigenvalue weighted by Gasteiger charge is -2.17. The SMILES string of the molecule is CC(=O)N(c1ccccc1)c1nc(/C=C2/N=C(c3cccc(C)c3)OC2=O)cs1. The van der Waals surface area contributed by atoms with Gasteiger partial charge in [-0.15, -0.1) is 11.3 Å². The van der Waals surface area contributed by atoms with Gasteiger partial charge in [-0.25, -0.2) is 14.8 Å². The standard InChI is InChI=1S/C22H17N3O3S/c1-14-7-6-8-16(11-14)20-24-19(21(27)28-20)12-17-13-29-22(23-17)25(15(2)26)18-9-4-3-5-10-18/h3-13H,1-2H3/b19-12+. The van der Waals surface area contributed by atoms with Crippen molar-refractivity contribution < 1.29 is 14.3 Å². The van der Waals surface area contributed by atoms with Gasteiger partial charge < -0.3 is 4.74 Å². The third-order valence-corrected chi connectivity index (χ3v) is 5.04. The number of thiazole rings is 1. The first-order valence-corrected chi connectivity index (χ1v) is 9.80. The largest absolute Gasteiger partial charge is 0.402 e. The zero-order valence-corrected chi connectivity index (χ0v) is 16.6. The molecule has 2 heterocycles. The third-order valence-electron chi connectivity index (χ3n) is 4.20. The summed E-state index contributed by atoms with van der Waals surface area (Å²) < 4.78 is 5.30. The maximum absolute atomic E-state index is 12.2. The van der Waals surface area contributed by atoms with Crippen LogP contribution in [0.5, 0.6) is 0 Å². The average Bonchev–Trinajstić information content (AvgIpc) is 3.30. The molecular formula is C22H17N3O3S. The average molecular weight is 403 g/mol. The third kappa shape index (κ3) is 4.00. The van der Waals surface area contributed by atoms with Crippen LogP contribution < -0.4 is 4.90 Å². The highest BCUT2D eigenvalue weighted by atomic mass is 32.1. The molecular weight excluding hydrogens is 386 g/mol. The molecule has 144 valence electrons. The Morgan fingerprint density at radius 3 is 2.66 bits per heavy atom. The fourth-order valence-electron chi connectivity index (χ4n) is 2.90. The van der Waals surface area contributed by atoms with Crippen molar-refractivity contribution >= 4 is 46.0 Å². The summed E-state index contributed by atoms with van der Waals surface area (Å²) in [4.78, 5) is 34.7. The molecule has 6 nitrogen and oxygen atoms in total. The molecule has 0 fully saturated rings. The van der Waals surface area contributed by atoms with Gasteiger partial charge in [0.2, 0.25) is 11.8 Å². The molecule has 0 spiro atoms. The molecule has 0 saturated carbocycles. The fraction of sp³-hybridized carbons (Fsp3) is 0.0909. The van der Waals surface area contributed by atoms with Crippen LogP contribution in [0.4, 0.5) is 10.8 Å². The highest BCUT2D eigenvalue weighted by Crippen LogP contribution is 2.30. The van der Waals surface area contributed by atoms with Crippen LogP contribution in [0.3, 0.4) is 0 Å². The first-order valence-electron chi connectivity index (χ1n) is 8.92. The Labute approximate surface area is 171 Å². The van der Waals surface area contributed by atoms with Crippen LogP contribution >= 0.6 is 11.3 Å². The van der Waals surface area contributed by atoms with Gasteiger partial charge in [0.05, 0.1) is 11.4 Å². The van der Waals surface area contributed by atoms with E-state index in [0.717, 1.165) is 16.8 Å². The molecule has 0 bridgehead atoms. The maximum Gasteiger partial charge on any atom is 0.363 e.